The number of hydrogen-bond acceptors (Lipinski definition) is 5. The number of carboxylic acids is 1. The second-order valence-electron chi connectivity index (χ2n) is 7.02. The highest BCUT2D eigenvalue weighted by atomic mass is 19.3. The second kappa shape index (κ2) is 16.2. The molecule has 1 aromatic carbocycles. The Morgan fingerprint density at radius 2 is 1.88 bits per heavy atom. The lowest BCUT2D eigenvalue weighted by molar-refractivity contribution is -0.118. The van der Waals surface area contributed by atoms with Gasteiger partial charge in [-0.05, 0) is 37.5 Å². The third-order valence-corrected chi connectivity index (χ3v) is 4.30. The number of halogens is 3. The molecule has 7 nitrogen and oxygen atoms in total. The number of nitrogens with zero attached hydrogens (tertiary/aromatic N) is 3. The van der Waals surface area contributed by atoms with E-state index in [2.05, 4.69) is 34.4 Å². The summed E-state index contributed by atoms with van der Waals surface area (Å²) in [5.74, 6) is -4.73. The molecule has 1 aromatic heterocycles. The number of carboxylic acid groups (broad SMARTS) is 1. The molecule has 0 aliphatic heterocycles. The van der Waals surface area contributed by atoms with Crippen LogP contribution in [0.25, 0.3) is 0 Å². The number of carbonyl (C=O) groups is 2. The van der Waals surface area contributed by atoms with Crippen LogP contribution in [0.3, 0.4) is 0 Å². The van der Waals surface area contributed by atoms with Crippen LogP contribution in [0.15, 0.2) is 54.9 Å². The molecule has 2 rings (SSSR count). The molecule has 188 valence electrons. The van der Waals surface area contributed by atoms with E-state index in [1.807, 2.05) is 6.92 Å². The van der Waals surface area contributed by atoms with E-state index in [0.717, 1.165) is 6.42 Å². The number of carbonyl (C=O) groups excluding carboxylic acids is 1. The summed E-state index contributed by atoms with van der Waals surface area (Å²) in [6, 6.07) is 6.29. The van der Waals surface area contributed by atoms with Gasteiger partial charge in [-0.1, -0.05) is 31.1 Å². The molecule has 10 heteroatoms. The number of amides is 1. The summed E-state index contributed by atoms with van der Waals surface area (Å²) in [5.41, 5.74) is 0.675. The van der Waals surface area contributed by atoms with E-state index < -0.39 is 17.8 Å². The van der Waals surface area contributed by atoms with Crippen molar-refractivity contribution in [2.24, 2.45) is 0 Å². The minimum absolute atomic E-state index is 0.0666. The van der Waals surface area contributed by atoms with Gasteiger partial charge in [0.1, 0.15) is 0 Å². The van der Waals surface area contributed by atoms with Crippen molar-refractivity contribution in [1.82, 2.24) is 10.1 Å². The van der Waals surface area contributed by atoms with Crippen LogP contribution in [0.4, 0.5) is 18.9 Å². The van der Waals surface area contributed by atoms with Gasteiger partial charge >= 0.3 is 11.9 Å². The molecule has 0 fully saturated rings. The van der Waals surface area contributed by atoms with Crippen LogP contribution in [-0.4, -0.2) is 33.7 Å². The number of benzene rings is 1. The molecule has 0 spiro atoms. The van der Waals surface area contributed by atoms with E-state index >= 15 is 0 Å². The van der Waals surface area contributed by atoms with Crippen molar-refractivity contribution in [3.8, 4) is 0 Å². The van der Waals surface area contributed by atoms with Gasteiger partial charge in [-0.2, -0.15) is 13.8 Å². The number of rotatable bonds is 11. The van der Waals surface area contributed by atoms with Crippen molar-refractivity contribution < 1.29 is 32.4 Å². The number of unbranched alkanes of at least 4 members (excludes halogenated alkanes) is 2. The van der Waals surface area contributed by atoms with Crippen LogP contribution < -0.4 is 4.90 Å². The Bertz CT molecular complexity index is 898. The fraction of sp³-hybridized carbons (Fsp3) is 0.417. The molecule has 1 amide bonds. The number of hydrogen-bond donors (Lipinski definition) is 1. The first-order chi connectivity index (χ1) is 16.1. The number of aromatic nitrogens is 2. The maximum absolute atomic E-state index is 13.1. The Morgan fingerprint density at radius 1 is 1.24 bits per heavy atom. The maximum atomic E-state index is 13.1. The highest BCUT2D eigenvalue weighted by Crippen LogP contribution is 2.25. The predicted octanol–water partition coefficient (Wildman–Crippen LogP) is 6.33. The Balaban J connectivity index is 0.00000201. The minimum atomic E-state index is -3.16. The first-order valence-corrected chi connectivity index (χ1v) is 10.7. The second-order valence-corrected chi connectivity index (χ2v) is 7.02. The Morgan fingerprint density at radius 3 is 2.41 bits per heavy atom. The molecule has 0 radical (unpaired) electrons. The van der Waals surface area contributed by atoms with Crippen molar-refractivity contribution in [3.05, 3.63) is 67.6 Å². The molecule has 0 aliphatic rings. The summed E-state index contributed by atoms with van der Waals surface area (Å²) in [5, 5.41) is 12.7. The first kappa shape index (κ1) is 30.6. The summed E-state index contributed by atoms with van der Waals surface area (Å²) in [4.78, 5) is 29.0. The van der Waals surface area contributed by atoms with Gasteiger partial charge < -0.3 is 14.5 Å². The summed E-state index contributed by atoms with van der Waals surface area (Å²) < 4.78 is 40.8. The number of aryl methyl sites for hydroxylation is 1. The summed E-state index contributed by atoms with van der Waals surface area (Å²) in [7, 11) is 0. The molecule has 0 saturated heterocycles. The molecule has 0 aliphatic carbocycles. The van der Waals surface area contributed by atoms with Gasteiger partial charge in [0.05, 0.1) is 11.9 Å². The molecule has 0 unspecified atom stereocenters. The molecule has 1 heterocycles. The van der Waals surface area contributed by atoms with E-state index in [1.54, 1.807) is 17.0 Å². The van der Waals surface area contributed by atoms with E-state index in [4.69, 9.17) is 5.11 Å². The number of alkyl halides is 2. The monoisotopic (exact) mass is 483 g/mol. The first-order valence-electron chi connectivity index (χ1n) is 10.7. The normalized spacial score (nSPS) is 10.3. The minimum Gasteiger partial charge on any atom is -0.478 e. The zero-order valence-corrected chi connectivity index (χ0v) is 19.6. The zero-order chi connectivity index (χ0) is 26.1. The van der Waals surface area contributed by atoms with E-state index in [-0.39, 0.29) is 23.6 Å². The highest BCUT2D eigenvalue weighted by Gasteiger charge is 2.31. The molecule has 0 saturated carbocycles. The Hall–Kier alpha value is -3.43. The average molecular weight is 484 g/mol. The summed E-state index contributed by atoms with van der Waals surface area (Å²) in [6.07, 6.45) is 3.75. The molecular weight excluding hydrogens is 451 g/mol. The lowest BCUT2D eigenvalue weighted by atomic mass is 10.1. The van der Waals surface area contributed by atoms with Crippen LogP contribution >= 0.6 is 0 Å². The Labute approximate surface area is 198 Å². The predicted molar refractivity (Wildman–Crippen MR) is 125 cm³/mol. The van der Waals surface area contributed by atoms with E-state index in [9.17, 15) is 22.8 Å². The van der Waals surface area contributed by atoms with Gasteiger partial charge in [0.25, 0.3) is 5.89 Å². The van der Waals surface area contributed by atoms with Crippen LogP contribution in [0.1, 0.15) is 68.0 Å². The molecule has 34 heavy (non-hydrogen) atoms. The largest absolute Gasteiger partial charge is 0.478 e. The number of anilines is 1. The van der Waals surface area contributed by atoms with E-state index in [0.29, 0.717) is 51.3 Å². The van der Waals surface area contributed by atoms with E-state index in [1.165, 1.54) is 12.1 Å². The Kier molecular flexibility index (Phi) is 14.6. The maximum Gasteiger partial charge on any atom is 0.335 e. The van der Waals surface area contributed by atoms with Gasteiger partial charge in [-0.15, -0.1) is 13.2 Å². The van der Waals surface area contributed by atoms with Gasteiger partial charge in [0, 0.05) is 32.0 Å². The van der Waals surface area contributed by atoms with Crippen LogP contribution in [0.2, 0.25) is 0 Å². The SMILES string of the molecule is C=C.C=CF.CCCC(=O)N(CCCCCc1noc(C(C)(F)F)n1)c1cccc(C(=O)O)c1. The highest BCUT2D eigenvalue weighted by molar-refractivity contribution is 5.95. The van der Waals surface area contributed by atoms with Crippen LogP contribution in [-0.2, 0) is 17.1 Å². The summed E-state index contributed by atoms with van der Waals surface area (Å²) >= 11 is 0. The third kappa shape index (κ3) is 10.9. The molecule has 0 atom stereocenters. The standard InChI is InChI=1S/C20H25F2N3O4.C2H3F.C2H4/c1-3-8-17(26)25(15-10-7-9-14(13-15)18(27)28)12-6-4-5-11-16-23-19(29-24-16)20(2,21)22;1-2-3;1-2/h7,9-10,13H,3-6,8,11-12H2,1-2H3,(H,27,28);2H,1H2;1-2H2. The lowest BCUT2D eigenvalue weighted by Gasteiger charge is -2.23. The number of aromatic carboxylic acids is 1. The van der Waals surface area contributed by atoms with Crippen molar-refractivity contribution in [3.63, 3.8) is 0 Å². The summed E-state index contributed by atoms with van der Waals surface area (Å²) in [6.45, 7) is 11.7. The van der Waals surface area contributed by atoms with Gasteiger partial charge in [-0.3, -0.25) is 4.79 Å². The lowest BCUT2D eigenvalue weighted by Crippen LogP contribution is -2.31. The molecular formula is C24H32F3N3O4. The van der Waals surface area contributed by atoms with Crippen molar-refractivity contribution >= 4 is 17.6 Å². The molecule has 2 aromatic rings. The average Bonchev–Trinajstić information content (AvgIpc) is 3.28. The third-order valence-electron chi connectivity index (χ3n) is 4.30. The fourth-order valence-corrected chi connectivity index (χ4v) is 2.82. The fourth-order valence-electron chi connectivity index (χ4n) is 2.82. The van der Waals surface area contributed by atoms with Crippen molar-refractivity contribution in [1.29, 1.82) is 0 Å². The van der Waals surface area contributed by atoms with Crippen molar-refractivity contribution in [2.45, 2.75) is 58.3 Å². The quantitative estimate of drug-likeness (QED) is 0.296. The van der Waals surface area contributed by atoms with Gasteiger partial charge in [0.2, 0.25) is 5.91 Å². The van der Waals surface area contributed by atoms with Crippen molar-refractivity contribution in [2.75, 3.05) is 11.4 Å². The molecule has 0 bridgehead atoms. The van der Waals surface area contributed by atoms with Crippen LogP contribution in [0.5, 0.6) is 0 Å². The van der Waals surface area contributed by atoms with Crippen LogP contribution in [0, 0.1) is 0 Å². The smallest absolute Gasteiger partial charge is 0.335 e. The topological polar surface area (TPSA) is 96.5 Å². The zero-order valence-electron chi connectivity index (χ0n) is 19.6. The van der Waals surface area contributed by atoms with Gasteiger partial charge in [0.15, 0.2) is 5.82 Å². The molecule has 1 N–H and O–H groups in total. The van der Waals surface area contributed by atoms with Gasteiger partial charge in [-0.25, -0.2) is 9.18 Å².